The maximum atomic E-state index is 13.3. The summed E-state index contributed by atoms with van der Waals surface area (Å²) >= 11 is 1.07. The highest BCUT2D eigenvalue weighted by Gasteiger charge is 2.33. The SMILES string of the molecule is COc1nc(OC)nc(OC(=O)/C(=C\CC(C)(C)C(=O)OC(C)(C)C)c2csc(NC(=O)OC(C)(C)C)n2)n1. The lowest BCUT2D eigenvalue weighted by atomic mass is 9.88. The molecule has 0 aliphatic rings. The van der Waals surface area contributed by atoms with Gasteiger partial charge in [-0.05, 0) is 61.8 Å². The lowest BCUT2D eigenvalue weighted by molar-refractivity contribution is -0.165. The number of carbonyl (C=O) groups is 3. The van der Waals surface area contributed by atoms with Crippen LogP contribution in [0.25, 0.3) is 5.57 Å². The van der Waals surface area contributed by atoms with Gasteiger partial charge in [-0.15, -0.1) is 26.3 Å². The highest BCUT2D eigenvalue weighted by Crippen LogP contribution is 2.30. The van der Waals surface area contributed by atoms with E-state index in [0.717, 1.165) is 11.3 Å². The van der Waals surface area contributed by atoms with Crippen LogP contribution >= 0.6 is 11.3 Å². The first-order valence-electron chi connectivity index (χ1n) is 11.9. The fourth-order valence-electron chi connectivity index (χ4n) is 2.68. The number of methoxy groups -OCH3 is 2. The molecule has 0 atom stereocenters. The van der Waals surface area contributed by atoms with E-state index in [1.165, 1.54) is 20.3 Å². The standard InChI is InChI=1S/C25H35N5O8S/c1-23(2,3)37-17(32)25(7,8)12-11-14(15-13-39-21(26-15)30-22(33)38-24(4,5)6)16(31)36-20-28-18(34-9)27-19(29-20)35-10/h11,13H,12H2,1-10H3,(H,26,30,33)/b14-11-. The van der Waals surface area contributed by atoms with Gasteiger partial charge in [0.05, 0.1) is 30.9 Å². The Bertz CT molecular complexity index is 1210. The molecule has 0 aliphatic carbocycles. The van der Waals surface area contributed by atoms with Crippen molar-refractivity contribution in [2.75, 3.05) is 19.5 Å². The summed E-state index contributed by atoms with van der Waals surface area (Å²) in [7, 11) is 2.66. The predicted molar refractivity (Wildman–Crippen MR) is 143 cm³/mol. The Morgan fingerprint density at radius 1 is 0.846 bits per heavy atom. The molecule has 1 amide bonds. The number of amides is 1. The number of esters is 2. The number of allylic oxidation sites excluding steroid dienone is 1. The molecule has 1 N–H and O–H groups in total. The molecular weight excluding hydrogens is 530 g/mol. The van der Waals surface area contributed by atoms with Gasteiger partial charge in [0.25, 0.3) is 0 Å². The Hall–Kier alpha value is -3.81. The molecule has 0 saturated heterocycles. The first kappa shape index (κ1) is 31.4. The van der Waals surface area contributed by atoms with Crippen molar-refractivity contribution < 1.29 is 38.1 Å². The van der Waals surface area contributed by atoms with E-state index in [-0.39, 0.29) is 40.9 Å². The molecule has 0 spiro atoms. The summed E-state index contributed by atoms with van der Waals surface area (Å²) in [5.41, 5.74) is -2.21. The van der Waals surface area contributed by atoms with Gasteiger partial charge < -0.3 is 23.7 Å². The van der Waals surface area contributed by atoms with Gasteiger partial charge >= 0.3 is 36.1 Å². The van der Waals surface area contributed by atoms with Crippen LogP contribution < -0.4 is 19.5 Å². The van der Waals surface area contributed by atoms with Crippen molar-refractivity contribution >= 4 is 40.1 Å². The van der Waals surface area contributed by atoms with Crippen LogP contribution in [0.15, 0.2) is 11.5 Å². The molecule has 13 nitrogen and oxygen atoms in total. The van der Waals surface area contributed by atoms with Gasteiger partial charge in [0.15, 0.2) is 5.13 Å². The van der Waals surface area contributed by atoms with Crippen LogP contribution in [-0.2, 0) is 19.1 Å². The Balaban J connectivity index is 2.40. The van der Waals surface area contributed by atoms with Crippen molar-refractivity contribution in [1.82, 2.24) is 19.9 Å². The highest BCUT2D eigenvalue weighted by atomic mass is 32.1. The Morgan fingerprint density at radius 3 is 1.90 bits per heavy atom. The van der Waals surface area contributed by atoms with Crippen LogP contribution in [0.3, 0.4) is 0 Å². The fourth-order valence-corrected chi connectivity index (χ4v) is 3.38. The zero-order valence-electron chi connectivity index (χ0n) is 23.8. The molecule has 2 heterocycles. The summed E-state index contributed by atoms with van der Waals surface area (Å²) in [4.78, 5) is 54.3. The van der Waals surface area contributed by atoms with Gasteiger partial charge in [0, 0.05) is 5.38 Å². The number of anilines is 1. The third-order valence-corrected chi connectivity index (χ3v) is 5.26. The van der Waals surface area contributed by atoms with Crippen molar-refractivity contribution in [1.29, 1.82) is 0 Å². The largest absolute Gasteiger partial charge is 0.467 e. The normalized spacial score (nSPS) is 12.4. The van der Waals surface area contributed by atoms with Crippen molar-refractivity contribution in [3.05, 3.63) is 17.2 Å². The number of rotatable bonds is 9. The second-order valence-electron chi connectivity index (χ2n) is 10.9. The van der Waals surface area contributed by atoms with Gasteiger partial charge in [-0.25, -0.2) is 14.6 Å². The summed E-state index contributed by atoms with van der Waals surface area (Å²) in [5.74, 6) is -1.32. The summed E-state index contributed by atoms with van der Waals surface area (Å²) in [5, 5.41) is 4.27. The predicted octanol–water partition coefficient (Wildman–Crippen LogP) is 4.44. The highest BCUT2D eigenvalue weighted by molar-refractivity contribution is 7.14. The maximum absolute atomic E-state index is 13.3. The van der Waals surface area contributed by atoms with Gasteiger partial charge in [-0.3, -0.25) is 10.1 Å². The molecule has 2 aromatic heterocycles. The second kappa shape index (κ2) is 12.4. The number of aromatic nitrogens is 4. The molecule has 0 aromatic carbocycles. The number of hydrogen-bond acceptors (Lipinski definition) is 13. The Labute approximate surface area is 231 Å². The van der Waals surface area contributed by atoms with E-state index in [1.54, 1.807) is 60.8 Å². The molecular formula is C25H35N5O8S. The smallest absolute Gasteiger partial charge is 0.413 e. The lowest BCUT2D eigenvalue weighted by Gasteiger charge is -2.27. The number of hydrogen-bond donors (Lipinski definition) is 1. The number of nitrogens with zero attached hydrogens (tertiary/aromatic N) is 4. The van der Waals surface area contributed by atoms with E-state index in [9.17, 15) is 14.4 Å². The van der Waals surface area contributed by atoms with Crippen LogP contribution in [0.1, 0.15) is 67.5 Å². The molecule has 2 aromatic rings. The minimum Gasteiger partial charge on any atom is -0.467 e. The van der Waals surface area contributed by atoms with Crippen molar-refractivity contribution in [3.63, 3.8) is 0 Å². The monoisotopic (exact) mass is 565 g/mol. The van der Waals surface area contributed by atoms with E-state index < -0.39 is 34.6 Å². The van der Waals surface area contributed by atoms with Crippen molar-refractivity contribution in [2.24, 2.45) is 5.41 Å². The first-order valence-corrected chi connectivity index (χ1v) is 12.8. The molecule has 0 radical (unpaired) electrons. The topological polar surface area (TPSA) is 161 Å². The number of thiazole rings is 1. The molecule has 39 heavy (non-hydrogen) atoms. The average molecular weight is 566 g/mol. The average Bonchev–Trinajstić information content (AvgIpc) is 3.24. The lowest BCUT2D eigenvalue weighted by Crippen LogP contribution is -2.33. The van der Waals surface area contributed by atoms with Crippen LogP contribution in [0.5, 0.6) is 18.0 Å². The minimum atomic E-state index is -0.994. The van der Waals surface area contributed by atoms with Crippen LogP contribution in [0.2, 0.25) is 0 Å². The first-order chi connectivity index (χ1) is 17.9. The van der Waals surface area contributed by atoms with Gasteiger partial charge in [-0.1, -0.05) is 6.08 Å². The molecule has 0 saturated carbocycles. The van der Waals surface area contributed by atoms with Gasteiger partial charge in [0.1, 0.15) is 11.2 Å². The molecule has 0 bridgehead atoms. The molecule has 0 fully saturated rings. The summed E-state index contributed by atoms with van der Waals surface area (Å²) < 4.78 is 26.1. The molecule has 0 aliphatic heterocycles. The van der Waals surface area contributed by atoms with E-state index in [4.69, 9.17) is 23.7 Å². The molecule has 2 rings (SSSR count). The molecule has 214 valence electrons. The number of nitrogens with one attached hydrogen (secondary N) is 1. The van der Waals surface area contributed by atoms with Crippen LogP contribution in [-0.4, -0.2) is 63.4 Å². The third kappa shape index (κ3) is 10.1. The van der Waals surface area contributed by atoms with Crippen LogP contribution in [0, 0.1) is 5.41 Å². The van der Waals surface area contributed by atoms with E-state index in [2.05, 4.69) is 25.3 Å². The minimum absolute atomic E-state index is 0.00142. The summed E-state index contributed by atoms with van der Waals surface area (Å²) in [6.07, 6.45) is 0.906. The second-order valence-corrected chi connectivity index (χ2v) is 11.7. The quantitative estimate of drug-likeness (QED) is 0.337. The van der Waals surface area contributed by atoms with Gasteiger partial charge in [-0.2, -0.15) is 0 Å². The fraction of sp³-hybridized carbons (Fsp3) is 0.560. The van der Waals surface area contributed by atoms with Crippen molar-refractivity contribution in [3.8, 4) is 18.0 Å². The van der Waals surface area contributed by atoms with E-state index in [1.807, 2.05) is 0 Å². The zero-order valence-corrected chi connectivity index (χ0v) is 24.6. The van der Waals surface area contributed by atoms with Gasteiger partial charge in [0.2, 0.25) is 0 Å². The summed E-state index contributed by atoms with van der Waals surface area (Å²) in [6, 6.07) is -0.624. The molecule has 14 heteroatoms. The Morgan fingerprint density at radius 2 is 1.38 bits per heavy atom. The Kier molecular flexibility index (Phi) is 9.96. The summed E-state index contributed by atoms with van der Waals surface area (Å²) in [6.45, 7) is 13.9. The van der Waals surface area contributed by atoms with E-state index in [0.29, 0.717) is 0 Å². The van der Waals surface area contributed by atoms with E-state index >= 15 is 0 Å². The third-order valence-electron chi connectivity index (χ3n) is 4.50. The maximum Gasteiger partial charge on any atom is 0.413 e. The van der Waals surface area contributed by atoms with Crippen LogP contribution in [0.4, 0.5) is 9.93 Å². The number of ether oxygens (including phenoxy) is 5. The number of carbonyl (C=O) groups excluding carboxylic acids is 3. The van der Waals surface area contributed by atoms with Crippen molar-refractivity contribution in [2.45, 2.75) is 73.0 Å². The zero-order chi connectivity index (χ0) is 29.6. The molecule has 0 unspecified atom stereocenters.